The number of nitrogens with zero attached hydrogens (tertiary/aromatic N) is 1. The minimum atomic E-state index is 0.582. The van der Waals surface area contributed by atoms with Gasteiger partial charge in [-0.2, -0.15) is 0 Å². The lowest BCUT2D eigenvalue weighted by Gasteiger charge is -2.10. The van der Waals surface area contributed by atoms with Crippen LogP contribution in [-0.2, 0) is 0 Å². The van der Waals surface area contributed by atoms with Gasteiger partial charge in [-0.25, -0.2) is 4.98 Å². The maximum absolute atomic E-state index is 5.97. The highest BCUT2D eigenvalue weighted by molar-refractivity contribution is 9.10. The zero-order valence-electron chi connectivity index (χ0n) is 10.00. The van der Waals surface area contributed by atoms with Crippen LogP contribution in [0.5, 0.6) is 5.75 Å². The number of aryl methyl sites for hydroxylation is 1. The van der Waals surface area contributed by atoms with Gasteiger partial charge in [0.2, 0.25) is 0 Å². The van der Waals surface area contributed by atoms with Crippen molar-refractivity contribution in [2.75, 3.05) is 12.4 Å². The number of rotatable bonds is 3. The monoisotopic (exact) mass is 326 g/mol. The zero-order chi connectivity index (χ0) is 13.1. The Kier molecular flexibility index (Phi) is 4.09. The average Bonchev–Trinajstić information content (AvgIpc) is 2.35. The predicted octanol–water partition coefficient (Wildman–Crippen LogP) is 4.56. The van der Waals surface area contributed by atoms with Crippen LogP contribution in [-0.4, -0.2) is 12.1 Å². The van der Waals surface area contributed by atoms with Crippen LogP contribution in [0.3, 0.4) is 0 Å². The molecule has 0 saturated heterocycles. The van der Waals surface area contributed by atoms with Crippen LogP contribution in [0.1, 0.15) is 5.56 Å². The fourth-order valence-corrected chi connectivity index (χ4v) is 2.26. The van der Waals surface area contributed by atoms with Crippen LogP contribution < -0.4 is 10.1 Å². The van der Waals surface area contributed by atoms with Gasteiger partial charge >= 0.3 is 0 Å². The molecule has 0 aliphatic heterocycles. The Morgan fingerprint density at radius 1 is 1.33 bits per heavy atom. The Morgan fingerprint density at radius 3 is 2.78 bits per heavy atom. The minimum absolute atomic E-state index is 0.582. The van der Waals surface area contributed by atoms with Gasteiger partial charge in [-0.05, 0) is 46.6 Å². The molecule has 2 aromatic rings. The molecule has 0 saturated carbocycles. The number of halogens is 2. The number of methoxy groups -OCH3 is 1. The van der Waals surface area contributed by atoms with E-state index in [1.165, 1.54) is 0 Å². The third-order valence-electron chi connectivity index (χ3n) is 2.39. The Hall–Kier alpha value is -1.26. The molecular weight excluding hydrogens is 316 g/mol. The first-order valence-corrected chi connectivity index (χ1v) is 6.50. The van der Waals surface area contributed by atoms with Crippen molar-refractivity contribution in [2.45, 2.75) is 6.92 Å². The van der Waals surface area contributed by atoms with Gasteiger partial charge in [-0.1, -0.05) is 11.6 Å². The maximum Gasteiger partial charge on any atom is 0.144 e. The molecule has 0 unspecified atom stereocenters. The van der Waals surface area contributed by atoms with Gasteiger partial charge in [0.05, 0.1) is 16.6 Å². The van der Waals surface area contributed by atoms with Gasteiger partial charge in [0.15, 0.2) is 0 Å². The molecule has 1 aromatic carbocycles. The van der Waals surface area contributed by atoms with Crippen LogP contribution in [0, 0.1) is 6.92 Å². The Labute approximate surface area is 119 Å². The zero-order valence-corrected chi connectivity index (χ0v) is 12.3. The van der Waals surface area contributed by atoms with E-state index >= 15 is 0 Å². The third-order valence-corrected chi connectivity index (χ3v) is 3.31. The van der Waals surface area contributed by atoms with Crippen molar-refractivity contribution in [3.8, 4) is 5.75 Å². The first kappa shape index (κ1) is 13.2. The summed E-state index contributed by atoms with van der Waals surface area (Å²) < 4.78 is 6.08. The van der Waals surface area contributed by atoms with E-state index in [9.17, 15) is 0 Å². The molecule has 1 N–H and O–H groups in total. The summed E-state index contributed by atoms with van der Waals surface area (Å²) in [6, 6.07) is 7.49. The van der Waals surface area contributed by atoms with E-state index in [0.29, 0.717) is 10.8 Å². The molecule has 2 rings (SSSR count). The molecule has 1 aromatic heterocycles. The van der Waals surface area contributed by atoms with E-state index < -0.39 is 0 Å². The second-order valence-electron chi connectivity index (χ2n) is 3.82. The lowest BCUT2D eigenvalue weighted by molar-refractivity contribution is 0.415. The molecule has 5 heteroatoms. The van der Waals surface area contributed by atoms with Crippen molar-refractivity contribution in [1.82, 2.24) is 4.98 Å². The van der Waals surface area contributed by atoms with Gasteiger partial charge in [0.25, 0.3) is 0 Å². The first-order valence-electron chi connectivity index (χ1n) is 5.33. The van der Waals surface area contributed by atoms with E-state index in [-0.39, 0.29) is 0 Å². The number of anilines is 2. The lowest BCUT2D eigenvalue weighted by Crippen LogP contribution is -1.96. The largest absolute Gasteiger partial charge is 0.495 e. The van der Waals surface area contributed by atoms with E-state index in [4.69, 9.17) is 16.3 Å². The summed E-state index contributed by atoms with van der Waals surface area (Å²) >= 11 is 9.45. The fourth-order valence-electron chi connectivity index (χ4n) is 1.50. The number of aromatic nitrogens is 1. The summed E-state index contributed by atoms with van der Waals surface area (Å²) in [4.78, 5) is 4.32. The summed E-state index contributed by atoms with van der Waals surface area (Å²) in [6.45, 7) is 1.99. The van der Waals surface area contributed by atoms with Crippen molar-refractivity contribution < 1.29 is 4.74 Å². The van der Waals surface area contributed by atoms with Gasteiger partial charge in [0, 0.05) is 18.0 Å². The van der Waals surface area contributed by atoms with Gasteiger partial charge in [-0.3, -0.25) is 0 Å². The van der Waals surface area contributed by atoms with Gasteiger partial charge in [0.1, 0.15) is 11.6 Å². The number of nitrogens with one attached hydrogen (secondary N) is 1. The molecule has 0 amide bonds. The molecule has 3 nitrogen and oxygen atoms in total. The summed E-state index contributed by atoms with van der Waals surface area (Å²) in [7, 11) is 1.59. The fraction of sp³-hybridized carbons (Fsp3) is 0.154. The van der Waals surface area contributed by atoms with Crippen LogP contribution in [0.25, 0.3) is 0 Å². The number of hydrogen-bond acceptors (Lipinski definition) is 3. The number of hydrogen-bond donors (Lipinski definition) is 1. The van der Waals surface area contributed by atoms with E-state index in [0.717, 1.165) is 21.5 Å². The van der Waals surface area contributed by atoms with Crippen molar-refractivity contribution in [2.24, 2.45) is 0 Å². The summed E-state index contributed by atoms with van der Waals surface area (Å²) in [6.07, 6.45) is 1.81. The van der Waals surface area contributed by atoms with Gasteiger partial charge in [-0.15, -0.1) is 0 Å². The summed E-state index contributed by atoms with van der Waals surface area (Å²) in [5.41, 5.74) is 1.97. The SMILES string of the molecule is COc1cc(Nc2ncc(C)cc2Br)ccc1Cl. The smallest absolute Gasteiger partial charge is 0.144 e. The molecule has 0 atom stereocenters. The highest BCUT2D eigenvalue weighted by Gasteiger charge is 2.05. The molecule has 1 heterocycles. The van der Waals surface area contributed by atoms with Gasteiger partial charge < -0.3 is 10.1 Å². The Morgan fingerprint density at radius 2 is 2.11 bits per heavy atom. The van der Waals surface area contributed by atoms with Crippen molar-refractivity contribution >= 4 is 39.0 Å². The Balaban J connectivity index is 2.28. The summed E-state index contributed by atoms with van der Waals surface area (Å²) in [5.74, 6) is 1.38. The number of pyridine rings is 1. The van der Waals surface area contributed by atoms with E-state index in [1.807, 2.05) is 25.1 Å². The third kappa shape index (κ3) is 2.94. The highest BCUT2D eigenvalue weighted by Crippen LogP contribution is 2.30. The molecule has 0 spiro atoms. The molecule has 18 heavy (non-hydrogen) atoms. The second kappa shape index (κ2) is 5.59. The normalized spacial score (nSPS) is 10.2. The van der Waals surface area contributed by atoms with Crippen molar-refractivity contribution in [3.05, 3.63) is 45.5 Å². The quantitative estimate of drug-likeness (QED) is 0.897. The van der Waals surface area contributed by atoms with Crippen LogP contribution >= 0.6 is 27.5 Å². The molecule has 94 valence electrons. The second-order valence-corrected chi connectivity index (χ2v) is 5.08. The highest BCUT2D eigenvalue weighted by atomic mass is 79.9. The maximum atomic E-state index is 5.97. The first-order chi connectivity index (χ1) is 8.60. The Bertz CT molecular complexity index is 575. The van der Waals surface area contributed by atoms with Crippen LogP contribution in [0.2, 0.25) is 5.02 Å². The topological polar surface area (TPSA) is 34.1 Å². The average molecular weight is 328 g/mol. The summed E-state index contributed by atoms with van der Waals surface area (Å²) in [5, 5.41) is 3.79. The van der Waals surface area contributed by atoms with Crippen molar-refractivity contribution in [1.29, 1.82) is 0 Å². The standard InChI is InChI=1S/C13H12BrClN2O/c1-8-5-10(14)13(16-7-8)17-9-3-4-11(15)12(6-9)18-2/h3-7H,1-2H3,(H,16,17). The minimum Gasteiger partial charge on any atom is -0.495 e. The van der Waals surface area contributed by atoms with Crippen LogP contribution in [0.4, 0.5) is 11.5 Å². The molecular formula is C13H12BrClN2O. The van der Waals surface area contributed by atoms with E-state index in [1.54, 1.807) is 19.4 Å². The van der Waals surface area contributed by atoms with Crippen LogP contribution in [0.15, 0.2) is 34.9 Å². The van der Waals surface area contributed by atoms with Crippen molar-refractivity contribution in [3.63, 3.8) is 0 Å². The predicted molar refractivity (Wildman–Crippen MR) is 78.0 cm³/mol. The molecule has 0 radical (unpaired) electrons. The number of ether oxygens (including phenoxy) is 1. The number of benzene rings is 1. The molecule has 0 fully saturated rings. The van der Waals surface area contributed by atoms with E-state index in [2.05, 4.69) is 26.2 Å². The molecule has 0 bridgehead atoms. The molecule has 0 aliphatic rings. The lowest BCUT2D eigenvalue weighted by atomic mass is 10.3. The molecule has 0 aliphatic carbocycles.